The molecular weight excluding hydrogens is 214 g/mol. The lowest BCUT2D eigenvalue weighted by Gasteiger charge is -2.14. The second-order valence-corrected chi connectivity index (χ2v) is 4.10. The summed E-state index contributed by atoms with van der Waals surface area (Å²) in [7, 11) is 0. The molecule has 0 aliphatic carbocycles. The molecule has 0 aliphatic heterocycles. The quantitative estimate of drug-likeness (QED) is 0.830. The number of nitrogens with one attached hydrogen (secondary N) is 1. The molecule has 1 atom stereocenters. The summed E-state index contributed by atoms with van der Waals surface area (Å²) >= 11 is 0. The third-order valence-electron chi connectivity index (χ3n) is 2.63. The maximum atomic E-state index is 5.82. The first kappa shape index (κ1) is 11.5. The predicted molar refractivity (Wildman–Crippen MR) is 68.8 cm³/mol. The number of aromatic nitrogens is 1. The van der Waals surface area contributed by atoms with E-state index in [4.69, 9.17) is 10.2 Å². The van der Waals surface area contributed by atoms with Crippen molar-refractivity contribution in [2.45, 2.75) is 25.8 Å². The highest BCUT2D eigenvalue weighted by atomic mass is 16.3. The number of anilines is 2. The van der Waals surface area contributed by atoms with Gasteiger partial charge in [0, 0.05) is 18.7 Å². The van der Waals surface area contributed by atoms with Gasteiger partial charge in [-0.3, -0.25) is 0 Å². The van der Waals surface area contributed by atoms with Crippen molar-refractivity contribution < 1.29 is 4.42 Å². The molecule has 0 saturated carbocycles. The third kappa shape index (κ3) is 3.24. The number of furan rings is 1. The summed E-state index contributed by atoms with van der Waals surface area (Å²) < 4.78 is 5.29. The van der Waals surface area contributed by atoms with Gasteiger partial charge in [0.25, 0.3) is 0 Å². The van der Waals surface area contributed by atoms with Crippen molar-refractivity contribution in [2.75, 3.05) is 11.1 Å². The van der Waals surface area contributed by atoms with E-state index < -0.39 is 0 Å². The van der Waals surface area contributed by atoms with Gasteiger partial charge in [0.05, 0.1) is 12.0 Å². The standard InChI is InChI=1S/C13H17N3O/c1-10(6-7-11-4-3-9-17-11)16-13-12(14)5-2-8-15-13/h2-5,8-10H,6-7,14H2,1H3,(H,15,16). The lowest BCUT2D eigenvalue weighted by molar-refractivity contribution is 0.495. The lowest BCUT2D eigenvalue weighted by Crippen LogP contribution is -2.17. The molecule has 0 spiro atoms. The molecule has 0 saturated heterocycles. The van der Waals surface area contributed by atoms with Gasteiger partial charge in [-0.1, -0.05) is 0 Å². The van der Waals surface area contributed by atoms with Crippen molar-refractivity contribution in [3.05, 3.63) is 42.5 Å². The largest absolute Gasteiger partial charge is 0.469 e. The number of pyridine rings is 1. The minimum absolute atomic E-state index is 0.303. The molecule has 4 heteroatoms. The first-order chi connectivity index (χ1) is 8.25. The van der Waals surface area contributed by atoms with Crippen LogP contribution in [-0.2, 0) is 6.42 Å². The number of hydrogen-bond donors (Lipinski definition) is 2. The van der Waals surface area contributed by atoms with E-state index in [-0.39, 0.29) is 0 Å². The molecule has 0 fully saturated rings. The maximum absolute atomic E-state index is 5.82. The molecule has 2 aromatic heterocycles. The molecule has 3 N–H and O–H groups in total. The van der Waals surface area contributed by atoms with Gasteiger partial charge in [0.15, 0.2) is 0 Å². The van der Waals surface area contributed by atoms with Crippen molar-refractivity contribution in [3.63, 3.8) is 0 Å². The van der Waals surface area contributed by atoms with Crippen molar-refractivity contribution in [1.29, 1.82) is 0 Å². The molecule has 2 aromatic rings. The van der Waals surface area contributed by atoms with Gasteiger partial charge in [-0.15, -0.1) is 0 Å². The van der Waals surface area contributed by atoms with Crippen LogP contribution >= 0.6 is 0 Å². The SMILES string of the molecule is CC(CCc1ccco1)Nc1ncccc1N. The fraction of sp³-hybridized carbons (Fsp3) is 0.308. The Morgan fingerprint density at radius 3 is 3.00 bits per heavy atom. The Kier molecular flexibility index (Phi) is 3.65. The second-order valence-electron chi connectivity index (χ2n) is 4.10. The van der Waals surface area contributed by atoms with E-state index in [9.17, 15) is 0 Å². The smallest absolute Gasteiger partial charge is 0.149 e. The highest BCUT2D eigenvalue weighted by Gasteiger charge is 2.06. The van der Waals surface area contributed by atoms with Crippen LogP contribution in [0.15, 0.2) is 41.1 Å². The maximum Gasteiger partial charge on any atom is 0.149 e. The monoisotopic (exact) mass is 231 g/mol. The summed E-state index contributed by atoms with van der Waals surface area (Å²) in [6.45, 7) is 2.11. The summed E-state index contributed by atoms with van der Waals surface area (Å²) in [5.41, 5.74) is 6.49. The van der Waals surface area contributed by atoms with E-state index in [0.717, 1.165) is 24.4 Å². The Bertz CT molecular complexity index is 453. The van der Waals surface area contributed by atoms with Crippen LogP contribution in [0.3, 0.4) is 0 Å². The summed E-state index contributed by atoms with van der Waals surface area (Å²) in [6, 6.07) is 7.87. The van der Waals surface area contributed by atoms with Crippen LogP contribution in [0.5, 0.6) is 0 Å². The Balaban J connectivity index is 1.85. The first-order valence-corrected chi connectivity index (χ1v) is 5.75. The van der Waals surface area contributed by atoms with Crippen LogP contribution in [-0.4, -0.2) is 11.0 Å². The van der Waals surface area contributed by atoms with Gasteiger partial charge in [-0.05, 0) is 37.6 Å². The molecule has 4 nitrogen and oxygen atoms in total. The van der Waals surface area contributed by atoms with Gasteiger partial charge in [-0.25, -0.2) is 4.98 Å². The Morgan fingerprint density at radius 1 is 1.41 bits per heavy atom. The van der Waals surface area contributed by atoms with E-state index >= 15 is 0 Å². The molecule has 2 rings (SSSR count). The van der Waals surface area contributed by atoms with Crippen LogP contribution in [0.25, 0.3) is 0 Å². The molecule has 1 unspecified atom stereocenters. The molecule has 2 heterocycles. The van der Waals surface area contributed by atoms with Crippen molar-refractivity contribution in [2.24, 2.45) is 0 Å². The zero-order valence-electron chi connectivity index (χ0n) is 9.89. The summed E-state index contributed by atoms with van der Waals surface area (Å²) in [6.07, 6.45) is 5.32. The molecule has 0 aromatic carbocycles. The van der Waals surface area contributed by atoms with Crippen molar-refractivity contribution in [3.8, 4) is 0 Å². The zero-order valence-corrected chi connectivity index (χ0v) is 9.89. The lowest BCUT2D eigenvalue weighted by atomic mass is 10.1. The molecular formula is C13H17N3O. The number of nitrogen functional groups attached to an aromatic ring is 1. The summed E-state index contributed by atoms with van der Waals surface area (Å²) in [5.74, 6) is 1.76. The van der Waals surface area contributed by atoms with E-state index in [1.54, 1.807) is 12.5 Å². The zero-order chi connectivity index (χ0) is 12.1. The van der Waals surface area contributed by atoms with Gasteiger partial charge >= 0.3 is 0 Å². The minimum atomic E-state index is 0.303. The summed E-state index contributed by atoms with van der Waals surface area (Å²) in [5, 5.41) is 3.29. The fourth-order valence-electron chi connectivity index (χ4n) is 1.66. The molecule has 0 radical (unpaired) electrons. The number of hydrogen-bond acceptors (Lipinski definition) is 4. The highest BCUT2D eigenvalue weighted by molar-refractivity contribution is 5.60. The third-order valence-corrected chi connectivity index (χ3v) is 2.63. The van der Waals surface area contributed by atoms with Crippen molar-refractivity contribution >= 4 is 11.5 Å². The predicted octanol–water partition coefficient (Wildman–Crippen LogP) is 2.69. The topological polar surface area (TPSA) is 64.1 Å². The van der Waals surface area contributed by atoms with Crippen LogP contribution in [0.2, 0.25) is 0 Å². The molecule has 0 amide bonds. The van der Waals surface area contributed by atoms with Gasteiger partial charge in [-0.2, -0.15) is 0 Å². The number of nitrogens with zero attached hydrogens (tertiary/aromatic N) is 1. The molecule has 17 heavy (non-hydrogen) atoms. The normalized spacial score (nSPS) is 12.3. The van der Waals surface area contributed by atoms with E-state index in [1.807, 2.05) is 24.3 Å². The summed E-state index contributed by atoms with van der Waals surface area (Å²) in [4.78, 5) is 4.20. The Morgan fingerprint density at radius 2 is 2.29 bits per heavy atom. The number of rotatable bonds is 5. The van der Waals surface area contributed by atoms with E-state index in [1.165, 1.54) is 0 Å². The van der Waals surface area contributed by atoms with Crippen LogP contribution in [0.4, 0.5) is 11.5 Å². The number of aryl methyl sites for hydroxylation is 1. The van der Waals surface area contributed by atoms with E-state index in [0.29, 0.717) is 11.7 Å². The van der Waals surface area contributed by atoms with Crippen LogP contribution in [0, 0.1) is 0 Å². The van der Waals surface area contributed by atoms with Gasteiger partial charge in [0.2, 0.25) is 0 Å². The minimum Gasteiger partial charge on any atom is -0.469 e. The van der Waals surface area contributed by atoms with Crippen LogP contribution in [0.1, 0.15) is 19.1 Å². The Hall–Kier alpha value is -1.97. The van der Waals surface area contributed by atoms with Gasteiger partial charge in [0.1, 0.15) is 11.6 Å². The Labute approximate surface area is 101 Å². The van der Waals surface area contributed by atoms with E-state index in [2.05, 4.69) is 17.2 Å². The van der Waals surface area contributed by atoms with Crippen molar-refractivity contribution in [1.82, 2.24) is 4.98 Å². The first-order valence-electron chi connectivity index (χ1n) is 5.75. The fourth-order valence-corrected chi connectivity index (χ4v) is 1.66. The molecule has 0 aliphatic rings. The number of nitrogens with two attached hydrogens (primary N) is 1. The van der Waals surface area contributed by atoms with Gasteiger partial charge < -0.3 is 15.5 Å². The molecule has 90 valence electrons. The highest BCUT2D eigenvalue weighted by Crippen LogP contribution is 2.16. The molecule has 0 bridgehead atoms. The second kappa shape index (κ2) is 5.39. The average molecular weight is 231 g/mol. The van der Waals surface area contributed by atoms with Crippen LogP contribution < -0.4 is 11.1 Å². The average Bonchev–Trinajstić information content (AvgIpc) is 2.82.